The van der Waals surface area contributed by atoms with Crippen molar-refractivity contribution < 1.29 is 14.3 Å². The van der Waals surface area contributed by atoms with Crippen LogP contribution in [-0.2, 0) is 4.79 Å². The van der Waals surface area contributed by atoms with Crippen LogP contribution in [0.15, 0.2) is 52.7 Å². The molecule has 0 aliphatic carbocycles. The van der Waals surface area contributed by atoms with Gasteiger partial charge in [-0.05, 0) is 67.4 Å². The molecule has 0 radical (unpaired) electrons. The molecule has 168 valence electrons. The van der Waals surface area contributed by atoms with E-state index in [9.17, 15) is 4.79 Å². The molecule has 0 saturated carbocycles. The number of benzene rings is 2. The van der Waals surface area contributed by atoms with E-state index in [1.165, 1.54) is 16.4 Å². The molecule has 4 N–H and O–H groups in total. The summed E-state index contributed by atoms with van der Waals surface area (Å²) in [5, 5.41) is 15.5. The lowest BCUT2D eigenvalue weighted by molar-refractivity contribution is -0.113. The Morgan fingerprint density at radius 1 is 1.12 bits per heavy atom. The van der Waals surface area contributed by atoms with Crippen molar-refractivity contribution in [2.45, 2.75) is 19.0 Å². The number of amides is 1. The highest BCUT2D eigenvalue weighted by molar-refractivity contribution is 7.99. The molecule has 0 aliphatic rings. The van der Waals surface area contributed by atoms with Gasteiger partial charge in [0.1, 0.15) is 11.5 Å². The number of rotatable bonds is 9. The average molecular weight is 456 g/mol. The Kier molecular flexibility index (Phi) is 7.55. The Labute approximate surface area is 190 Å². The van der Waals surface area contributed by atoms with Crippen molar-refractivity contribution in [3.05, 3.63) is 53.6 Å². The molecule has 3 aromatic rings. The van der Waals surface area contributed by atoms with Gasteiger partial charge in [0.25, 0.3) is 5.95 Å². The highest BCUT2D eigenvalue weighted by Gasteiger charge is 2.13. The summed E-state index contributed by atoms with van der Waals surface area (Å²) >= 11 is 1.17. The number of carbonyl (C=O) groups excluding carboxylic acids is 1. The highest BCUT2D eigenvalue weighted by Crippen LogP contribution is 2.22. The molecule has 1 aromatic heterocycles. The summed E-state index contributed by atoms with van der Waals surface area (Å²) in [6.07, 6.45) is 0. The van der Waals surface area contributed by atoms with E-state index < -0.39 is 0 Å². The Balaban J connectivity index is 1.56. The molecule has 0 aliphatic heterocycles. The minimum Gasteiger partial charge on any atom is -0.497 e. The fraction of sp³-hybridized carbons (Fsp3) is 0.238. The molecule has 32 heavy (non-hydrogen) atoms. The molecule has 3 rings (SSSR count). The number of nitrogen functional groups attached to an aromatic ring is 1. The standard InChI is InChI=1S/C21H25N7O3S/c1-13-11-17(31-4)9-10-18(13)23-19(29)12-32-21-27-26-20(28(21)22)25-24-14(2)15-5-7-16(30-3)8-6-15/h5-11H,12,22H2,1-4H3,(H,23,29)(H,25,26)/b24-14+. The number of nitrogens with zero attached hydrogens (tertiary/aromatic N) is 4. The van der Waals surface area contributed by atoms with Gasteiger partial charge < -0.3 is 20.6 Å². The normalized spacial score (nSPS) is 11.2. The number of methoxy groups -OCH3 is 2. The quantitative estimate of drug-likeness (QED) is 0.194. The fourth-order valence-corrected chi connectivity index (χ4v) is 3.36. The number of hydrazone groups is 1. The molecule has 1 amide bonds. The van der Waals surface area contributed by atoms with Gasteiger partial charge in [-0.15, -0.1) is 10.2 Å². The molecule has 1 heterocycles. The van der Waals surface area contributed by atoms with Crippen molar-refractivity contribution in [3.63, 3.8) is 0 Å². The summed E-state index contributed by atoms with van der Waals surface area (Å²) < 4.78 is 11.6. The fourth-order valence-electron chi connectivity index (χ4n) is 2.70. The minimum absolute atomic E-state index is 0.120. The molecule has 0 fully saturated rings. The Bertz CT molecular complexity index is 1110. The van der Waals surface area contributed by atoms with Gasteiger partial charge in [-0.3, -0.25) is 4.79 Å². The van der Waals surface area contributed by atoms with Crippen LogP contribution >= 0.6 is 11.8 Å². The summed E-state index contributed by atoms with van der Waals surface area (Å²) in [6.45, 7) is 3.75. The lowest BCUT2D eigenvalue weighted by Crippen LogP contribution is -2.17. The van der Waals surface area contributed by atoms with Crippen LogP contribution in [0.4, 0.5) is 11.6 Å². The zero-order valence-electron chi connectivity index (χ0n) is 18.2. The third-order valence-electron chi connectivity index (χ3n) is 4.54. The Hall–Kier alpha value is -3.73. The van der Waals surface area contributed by atoms with Crippen LogP contribution in [0.3, 0.4) is 0 Å². The minimum atomic E-state index is -0.186. The van der Waals surface area contributed by atoms with Crippen molar-refractivity contribution >= 4 is 35.0 Å². The van der Waals surface area contributed by atoms with Gasteiger partial charge in [-0.2, -0.15) is 5.10 Å². The monoisotopic (exact) mass is 455 g/mol. The van der Waals surface area contributed by atoms with Crippen molar-refractivity contribution in [2.24, 2.45) is 5.10 Å². The van der Waals surface area contributed by atoms with Gasteiger partial charge in [-0.1, -0.05) is 11.8 Å². The van der Waals surface area contributed by atoms with Crippen molar-refractivity contribution in [1.29, 1.82) is 0 Å². The highest BCUT2D eigenvalue weighted by atomic mass is 32.2. The van der Waals surface area contributed by atoms with E-state index in [0.717, 1.165) is 34.0 Å². The SMILES string of the molecule is COc1ccc(/C(C)=N/Nc2nnc(SCC(=O)Nc3ccc(OC)cc3C)n2N)cc1. The van der Waals surface area contributed by atoms with Crippen LogP contribution in [0.5, 0.6) is 11.5 Å². The maximum absolute atomic E-state index is 12.3. The number of nitrogens with one attached hydrogen (secondary N) is 2. The third kappa shape index (κ3) is 5.70. The second-order valence-corrected chi connectivity index (χ2v) is 7.67. The molecule has 0 bridgehead atoms. The first-order chi connectivity index (χ1) is 15.4. The first-order valence-electron chi connectivity index (χ1n) is 9.63. The predicted molar refractivity (Wildman–Crippen MR) is 126 cm³/mol. The van der Waals surface area contributed by atoms with Crippen LogP contribution in [0.1, 0.15) is 18.1 Å². The Morgan fingerprint density at radius 2 is 1.81 bits per heavy atom. The zero-order chi connectivity index (χ0) is 23.1. The van der Waals surface area contributed by atoms with Crippen LogP contribution in [0.2, 0.25) is 0 Å². The summed E-state index contributed by atoms with van der Waals surface area (Å²) in [7, 11) is 3.21. The Morgan fingerprint density at radius 3 is 2.47 bits per heavy atom. The van der Waals surface area contributed by atoms with Gasteiger partial charge >= 0.3 is 0 Å². The molecule has 11 heteroatoms. The van der Waals surface area contributed by atoms with E-state index in [1.54, 1.807) is 26.4 Å². The van der Waals surface area contributed by atoms with Gasteiger partial charge in [0.2, 0.25) is 11.1 Å². The molecule has 10 nitrogen and oxygen atoms in total. The van der Waals surface area contributed by atoms with Gasteiger partial charge in [0.15, 0.2) is 0 Å². The van der Waals surface area contributed by atoms with E-state index in [0.29, 0.717) is 5.16 Å². The summed E-state index contributed by atoms with van der Waals surface area (Å²) in [5.41, 5.74) is 6.08. The average Bonchev–Trinajstić information content (AvgIpc) is 3.16. The van der Waals surface area contributed by atoms with Gasteiger partial charge in [0, 0.05) is 5.69 Å². The number of ether oxygens (including phenoxy) is 2. The lowest BCUT2D eigenvalue weighted by atomic mass is 10.1. The summed E-state index contributed by atoms with van der Waals surface area (Å²) in [6, 6.07) is 12.9. The topological polar surface area (TPSA) is 129 Å². The summed E-state index contributed by atoms with van der Waals surface area (Å²) in [5.74, 6) is 7.73. The maximum Gasteiger partial charge on any atom is 0.264 e. The number of hydrogen-bond donors (Lipinski definition) is 3. The molecule has 0 atom stereocenters. The second kappa shape index (κ2) is 10.5. The number of hydrogen-bond acceptors (Lipinski definition) is 9. The number of carbonyl (C=O) groups is 1. The number of nitrogens with two attached hydrogens (primary N) is 1. The van der Waals surface area contributed by atoms with E-state index in [4.69, 9.17) is 15.3 Å². The molecular weight excluding hydrogens is 430 g/mol. The smallest absolute Gasteiger partial charge is 0.264 e. The summed E-state index contributed by atoms with van der Waals surface area (Å²) in [4.78, 5) is 12.3. The van der Waals surface area contributed by atoms with Crippen LogP contribution in [-0.4, -0.2) is 46.5 Å². The maximum atomic E-state index is 12.3. The predicted octanol–water partition coefficient (Wildman–Crippen LogP) is 2.88. The molecule has 2 aromatic carbocycles. The third-order valence-corrected chi connectivity index (χ3v) is 5.48. The first-order valence-corrected chi connectivity index (χ1v) is 10.6. The van der Waals surface area contributed by atoms with Crippen molar-refractivity contribution in [3.8, 4) is 11.5 Å². The van der Waals surface area contributed by atoms with E-state index in [2.05, 4.69) is 26.0 Å². The molecule has 0 spiro atoms. The van der Waals surface area contributed by atoms with Crippen LogP contribution in [0, 0.1) is 6.92 Å². The molecule has 0 saturated heterocycles. The van der Waals surface area contributed by atoms with E-state index >= 15 is 0 Å². The van der Waals surface area contributed by atoms with Crippen molar-refractivity contribution in [1.82, 2.24) is 14.9 Å². The number of anilines is 2. The van der Waals surface area contributed by atoms with Gasteiger partial charge in [0.05, 0.1) is 25.7 Å². The van der Waals surface area contributed by atoms with E-state index in [1.807, 2.05) is 44.2 Å². The molecule has 0 unspecified atom stereocenters. The van der Waals surface area contributed by atoms with E-state index in [-0.39, 0.29) is 17.6 Å². The molecular formula is C21H25N7O3S. The second-order valence-electron chi connectivity index (χ2n) is 6.73. The number of thioether (sulfide) groups is 1. The van der Waals surface area contributed by atoms with Crippen molar-refractivity contribution in [2.75, 3.05) is 36.6 Å². The number of aryl methyl sites for hydroxylation is 1. The van der Waals surface area contributed by atoms with Gasteiger partial charge in [-0.25, -0.2) is 10.1 Å². The van der Waals surface area contributed by atoms with Crippen LogP contribution < -0.4 is 26.1 Å². The first kappa shape index (κ1) is 22.9. The van der Waals surface area contributed by atoms with Crippen LogP contribution in [0.25, 0.3) is 0 Å². The number of aromatic nitrogens is 3. The largest absolute Gasteiger partial charge is 0.497 e. The lowest BCUT2D eigenvalue weighted by Gasteiger charge is -2.09. The zero-order valence-corrected chi connectivity index (χ0v) is 19.1.